The first-order valence-corrected chi connectivity index (χ1v) is 12.2. The van der Waals surface area contributed by atoms with Crippen LogP contribution >= 0.6 is 11.6 Å². The first-order chi connectivity index (χ1) is 15.1. The molecular formula is C24H37ClN4O3. The van der Waals surface area contributed by atoms with Gasteiger partial charge < -0.3 is 24.4 Å². The third-order valence-corrected chi connectivity index (χ3v) is 7.38. The molecule has 2 aromatic rings. The largest absolute Gasteiger partial charge is 0.366 e. The quantitative estimate of drug-likeness (QED) is 0.533. The number of rotatable bonds is 3. The van der Waals surface area contributed by atoms with Gasteiger partial charge in [0, 0.05) is 29.9 Å². The molecule has 178 valence electrons. The number of piperidine rings is 1. The number of hydrogen-bond acceptors (Lipinski definition) is 6. The standard InChI is InChI=1S/C21H29ClN4O.C3H8O2/c1-24-13-8-21(9-14-24)7-2-11-25(21)15-16-3-4-19(27-16)26-12-6-17-18(26)5-10-23-20(17)22;1-3(2,4)5/h5-6,10,12,16,19H,2-4,7-9,11,13-15H2,1H3;4-5H,1-2H3. The Bertz CT molecular complexity index is 898. The lowest BCUT2D eigenvalue weighted by atomic mass is 9.85. The van der Waals surface area contributed by atoms with Crippen LogP contribution in [-0.4, -0.2) is 80.2 Å². The maximum absolute atomic E-state index is 8.08. The summed E-state index contributed by atoms with van der Waals surface area (Å²) in [4.78, 5) is 9.42. The van der Waals surface area contributed by atoms with E-state index in [1.807, 2.05) is 6.07 Å². The Labute approximate surface area is 195 Å². The highest BCUT2D eigenvalue weighted by Gasteiger charge is 2.44. The molecule has 5 rings (SSSR count). The Morgan fingerprint density at radius 2 is 1.88 bits per heavy atom. The number of fused-ring (bicyclic) bond motifs is 1. The lowest BCUT2D eigenvalue weighted by Gasteiger charge is -2.45. The van der Waals surface area contributed by atoms with E-state index in [-0.39, 0.29) is 6.23 Å². The summed E-state index contributed by atoms with van der Waals surface area (Å²) in [7, 11) is 2.25. The molecule has 0 amide bonds. The molecule has 3 saturated heterocycles. The van der Waals surface area contributed by atoms with Crippen molar-refractivity contribution in [2.45, 2.75) is 76.0 Å². The van der Waals surface area contributed by atoms with Gasteiger partial charge in [0.1, 0.15) is 11.4 Å². The van der Waals surface area contributed by atoms with Crippen LogP contribution in [0, 0.1) is 0 Å². The molecule has 2 atom stereocenters. The summed E-state index contributed by atoms with van der Waals surface area (Å²) in [5.74, 6) is -1.50. The van der Waals surface area contributed by atoms with Gasteiger partial charge in [-0.2, -0.15) is 0 Å². The number of ether oxygens (including phenoxy) is 1. The minimum atomic E-state index is -1.50. The van der Waals surface area contributed by atoms with Crippen LogP contribution in [0.5, 0.6) is 0 Å². The van der Waals surface area contributed by atoms with E-state index in [1.54, 1.807) is 6.20 Å². The first-order valence-electron chi connectivity index (χ1n) is 11.8. The number of halogens is 1. The zero-order chi connectivity index (χ0) is 22.9. The van der Waals surface area contributed by atoms with Crippen molar-refractivity contribution in [1.82, 2.24) is 19.4 Å². The fourth-order valence-corrected chi connectivity index (χ4v) is 5.67. The van der Waals surface area contributed by atoms with Crippen LogP contribution in [0.25, 0.3) is 10.9 Å². The van der Waals surface area contributed by atoms with Gasteiger partial charge in [0.05, 0.1) is 11.6 Å². The highest BCUT2D eigenvalue weighted by atomic mass is 35.5. The number of hydrogen-bond donors (Lipinski definition) is 2. The number of likely N-dealkylation sites (tertiary alicyclic amines) is 2. The molecule has 5 heterocycles. The molecule has 8 heteroatoms. The maximum Gasteiger partial charge on any atom is 0.156 e. The van der Waals surface area contributed by atoms with E-state index in [4.69, 9.17) is 26.6 Å². The second-order valence-electron chi connectivity index (χ2n) is 10.1. The monoisotopic (exact) mass is 464 g/mol. The lowest BCUT2D eigenvalue weighted by Crippen LogP contribution is -2.53. The van der Waals surface area contributed by atoms with Crippen molar-refractivity contribution in [1.29, 1.82) is 0 Å². The minimum absolute atomic E-state index is 0.113. The molecule has 1 spiro atoms. The van der Waals surface area contributed by atoms with Crippen LogP contribution < -0.4 is 0 Å². The third kappa shape index (κ3) is 5.46. The number of aromatic nitrogens is 2. The van der Waals surface area contributed by atoms with E-state index in [9.17, 15) is 0 Å². The third-order valence-electron chi connectivity index (χ3n) is 7.08. The Balaban J connectivity index is 0.000000444. The average Bonchev–Trinajstić information content (AvgIpc) is 3.43. The smallest absolute Gasteiger partial charge is 0.156 e. The van der Waals surface area contributed by atoms with Crippen LogP contribution in [-0.2, 0) is 4.74 Å². The van der Waals surface area contributed by atoms with E-state index in [1.165, 1.54) is 59.2 Å². The predicted octanol–water partition coefficient (Wildman–Crippen LogP) is 3.63. The van der Waals surface area contributed by atoms with Gasteiger partial charge >= 0.3 is 0 Å². The molecule has 0 bridgehead atoms. The van der Waals surface area contributed by atoms with E-state index in [0.29, 0.717) is 16.8 Å². The Morgan fingerprint density at radius 3 is 2.59 bits per heavy atom. The second kappa shape index (κ2) is 9.57. The van der Waals surface area contributed by atoms with Crippen molar-refractivity contribution in [3.8, 4) is 0 Å². The summed E-state index contributed by atoms with van der Waals surface area (Å²) in [6.45, 7) is 7.38. The van der Waals surface area contributed by atoms with Gasteiger partial charge in [0.2, 0.25) is 0 Å². The fourth-order valence-electron chi connectivity index (χ4n) is 5.46. The zero-order valence-electron chi connectivity index (χ0n) is 19.5. The Morgan fingerprint density at radius 1 is 1.16 bits per heavy atom. The van der Waals surface area contributed by atoms with E-state index in [0.717, 1.165) is 30.3 Å². The van der Waals surface area contributed by atoms with E-state index >= 15 is 0 Å². The van der Waals surface area contributed by atoms with Gasteiger partial charge in [-0.1, -0.05) is 11.6 Å². The van der Waals surface area contributed by atoms with Gasteiger partial charge in [-0.25, -0.2) is 4.98 Å². The van der Waals surface area contributed by atoms with Crippen molar-refractivity contribution in [3.63, 3.8) is 0 Å². The number of nitrogens with zero attached hydrogens (tertiary/aromatic N) is 4. The second-order valence-corrected chi connectivity index (χ2v) is 10.5. The van der Waals surface area contributed by atoms with Crippen LogP contribution in [0.3, 0.4) is 0 Å². The van der Waals surface area contributed by atoms with Gasteiger partial charge in [-0.05, 0) is 91.2 Å². The van der Waals surface area contributed by atoms with Gasteiger partial charge in [-0.15, -0.1) is 0 Å². The number of aliphatic hydroxyl groups is 2. The van der Waals surface area contributed by atoms with Crippen LogP contribution in [0.15, 0.2) is 24.5 Å². The molecule has 0 radical (unpaired) electrons. The van der Waals surface area contributed by atoms with Crippen molar-refractivity contribution in [3.05, 3.63) is 29.7 Å². The summed E-state index contributed by atoms with van der Waals surface area (Å²) in [6, 6.07) is 4.08. The molecule has 0 aromatic carbocycles. The van der Waals surface area contributed by atoms with Gasteiger partial charge in [0.25, 0.3) is 0 Å². The van der Waals surface area contributed by atoms with Crippen molar-refractivity contribution in [2.24, 2.45) is 0 Å². The minimum Gasteiger partial charge on any atom is -0.366 e. The topological polar surface area (TPSA) is 74.0 Å². The molecule has 2 N–H and O–H groups in total. The summed E-state index contributed by atoms with van der Waals surface area (Å²) in [5, 5.41) is 17.7. The molecule has 3 aliphatic heterocycles. The predicted molar refractivity (Wildman–Crippen MR) is 127 cm³/mol. The van der Waals surface area contributed by atoms with Crippen LogP contribution in [0.2, 0.25) is 5.15 Å². The molecular weight excluding hydrogens is 428 g/mol. The highest BCUT2D eigenvalue weighted by molar-refractivity contribution is 6.34. The van der Waals surface area contributed by atoms with Crippen LogP contribution in [0.1, 0.15) is 58.6 Å². The van der Waals surface area contributed by atoms with Crippen molar-refractivity contribution >= 4 is 22.5 Å². The molecule has 3 aliphatic rings. The maximum atomic E-state index is 8.08. The SMILES string of the molecule is CC(C)(O)O.CN1CCC2(CCCN2CC2CCC(n3ccc4c(Cl)nccc43)O2)CC1. The molecule has 32 heavy (non-hydrogen) atoms. The molecule has 2 unspecified atom stereocenters. The summed E-state index contributed by atoms with van der Waals surface area (Å²) in [6.07, 6.45) is 11.9. The average molecular weight is 465 g/mol. The van der Waals surface area contributed by atoms with Crippen LogP contribution in [0.4, 0.5) is 0 Å². The van der Waals surface area contributed by atoms with Crippen molar-refractivity contribution in [2.75, 3.05) is 33.2 Å². The zero-order valence-corrected chi connectivity index (χ0v) is 20.3. The van der Waals surface area contributed by atoms with E-state index < -0.39 is 5.79 Å². The molecule has 7 nitrogen and oxygen atoms in total. The summed E-state index contributed by atoms with van der Waals surface area (Å²) in [5.41, 5.74) is 1.56. The molecule has 0 saturated carbocycles. The normalized spacial score (nSPS) is 26.6. The molecule has 0 aliphatic carbocycles. The van der Waals surface area contributed by atoms with Gasteiger partial charge in [-0.3, -0.25) is 4.90 Å². The Hall–Kier alpha value is -1.22. The van der Waals surface area contributed by atoms with Crippen molar-refractivity contribution < 1.29 is 14.9 Å². The number of pyridine rings is 1. The lowest BCUT2D eigenvalue weighted by molar-refractivity contribution is -0.127. The fraction of sp³-hybridized carbons (Fsp3) is 0.708. The Kier molecular flexibility index (Phi) is 7.15. The molecule has 2 aromatic heterocycles. The highest BCUT2D eigenvalue weighted by Crippen LogP contribution is 2.40. The summed E-state index contributed by atoms with van der Waals surface area (Å²) < 4.78 is 8.75. The summed E-state index contributed by atoms with van der Waals surface area (Å²) >= 11 is 6.24. The molecule has 3 fully saturated rings. The van der Waals surface area contributed by atoms with E-state index in [2.05, 4.69) is 38.7 Å². The first kappa shape index (κ1) is 23.9. The van der Waals surface area contributed by atoms with Gasteiger partial charge in [0.15, 0.2) is 5.79 Å².